The van der Waals surface area contributed by atoms with Crippen molar-refractivity contribution in [1.82, 2.24) is 4.90 Å². The molecule has 0 saturated heterocycles. The van der Waals surface area contributed by atoms with Gasteiger partial charge in [0.05, 0.1) is 0 Å². The monoisotopic (exact) mass is 198 g/mol. The Hall–Kier alpha value is -0.0800. The molecule has 1 atom stereocenters. The van der Waals surface area contributed by atoms with Crippen LogP contribution < -0.4 is 5.73 Å². The fourth-order valence-electron chi connectivity index (χ4n) is 2.05. The van der Waals surface area contributed by atoms with E-state index in [2.05, 4.69) is 18.7 Å². The van der Waals surface area contributed by atoms with Crippen LogP contribution in [-0.4, -0.2) is 24.7 Å². The van der Waals surface area contributed by atoms with Gasteiger partial charge in [-0.1, -0.05) is 33.1 Å². The molecule has 1 saturated carbocycles. The predicted molar refractivity (Wildman–Crippen MR) is 62.0 cm³/mol. The lowest BCUT2D eigenvalue weighted by Crippen LogP contribution is -2.34. The Morgan fingerprint density at radius 2 is 2.14 bits per heavy atom. The summed E-state index contributed by atoms with van der Waals surface area (Å²) in [5.41, 5.74) is 5.75. The minimum atomic E-state index is 0.737. The van der Waals surface area contributed by atoms with Crippen molar-refractivity contribution in [3.8, 4) is 0 Å². The van der Waals surface area contributed by atoms with Gasteiger partial charge in [0.2, 0.25) is 0 Å². The molecule has 14 heavy (non-hydrogen) atoms. The van der Waals surface area contributed by atoms with Crippen LogP contribution >= 0.6 is 0 Å². The lowest BCUT2D eigenvalue weighted by atomic mass is 10.1. The smallest absolute Gasteiger partial charge is 0.0455 e. The summed E-state index contributed by atoms with van der Waals surface area (Å²) in [5.74, 6) is 1.84. The van der Waals surface area contributed by atoms with Gasteiger partial charge in [0.1, 0.15) is 0 Å². The van der Waals surface area contributed by atoms with Crippen molar-refractivity contribution in [3.63, 3.8) is 0 Å². The molecule has 0 aromatic carbocycles. The highest BCUT2D eigenvalue weighted by Gasteiger charge is 2.21. The molecule has 0 aliphatic heterocycles. The van der Waals surface area contributed by atoms with E-state index in [1.165, 1.54) is 45.2 Å². The molecule has 1 aliphatic carbocycles. The van der Waals surface area contributed by atoms with Crippen LogP contribution in [0.2, 0.25) is 0 Å². The first kappa shape index (κ1) is 12.0. The molecule has 1 unspecified atom stereocenters. The Bertz CT molecular complexity index is 143. The van der Waals surface area contributed by atoms with Crippen molar-refractivity contribution in [3.05, 3.63) is 0 Å². The summed E-state index contributed by atoms with van der Waals surface area (Å²) in [7, 11) is 0. The van der Waals surface area contributed by atoms with Gasteiger partial charge in [0.15, 0.2) is 0 Å². The zero-order chi connectivity index (χ0) is 10.4. The van der Waals surface area contributed by atoms with Gasteiger partial charge in [-0.3, -0.25) is 4.90 Å². The van der Waals surface area contributed by atoms with Crippen LogP contribution in [0.15, 0.2) is 0 Å². The fraction of sp³-hybridized carbons (Fsp3) is 1.00. The van der Waals surface area contributed by atoms with Crippen LogP contribution in [0.3, 0.4) is 0 Å². The Kier molecular flexibility index (Phi) is 5.49. The van der Waals surface area contributed by atoms with Gasteiger partial charge in [-0.15, -0.1) is 0 Å². The highest BCUT2D eigenvalue weighted by atomic mass is 15.2. The topological polar surface area (TPSA) is 29.3 Å². The summed E-state index contributed by atoms with van der Waals surface area (Å²) in [6, 6.07) is 0. The van der Waals surface area contributed by atoms with E-state index in [0.717, 1.165) is 18.5 Å². The maximum atomic E-state index is 5.75. The highest BCUT2D eigenvalue weighted by Crippen LogP contribution is 2.32. The van der Waals surface area contributed by atoms with E-state index >= 15 is 0 Å². The molecule has 84 valence electrons. The molecule has 0 radical (unpaired) electrons. The van der Waals surface area contributed by atoms with Crippen molar-refractivity contribution in [1.29, 1.82) is 0 Å². The summed E-state index contributed by atoms with van der Waals surface area (Å²) >= 11 is 0. The van der Waals surface area contributed by atoms with Crippen molar-refractivity contribution in [2.75, 3.05) is 19.8 Å². The molecule has 2 nitrogen and oxygen atoms in total. The number of nitrogens with two attached hydrogens (primary N) is 1. The minimum Gasteiger partial charge on any atom is -0.318 e. The number of rotatable bonds is 8. The molecule has 0 amide bonds. The summed E-state index contributed by atoms with van der Waals surface area (Å²) in [4.78, 5) is 2.42. The molecule has 2 N–H and O–H groups in total. The Labute approximate surface area is 88.8 Å². The molecular formula is C12H26N2. The van der Waals surface area contributed by atoms with E-state index in [-0.39, 0.29) is 0 Å². The third-order valence-electron chi connectivity index (χ3n) is 3.16. The third-order valence-corrected chi connectivity index (χ3v) is 3.16. The largest absolute Gasteiger partial charge is 0.318 e. The average molecular weight is 198 g/mol. The first-order valence-electron chi connectivity index (χ1n) is 6.18. The summed E-state index contributed by atoms with van der Waals surface area (Å²) in [6.45, 7) is 7.74. The second-order valence-electron chi connectivity index (χ2n) is 4.89. The van der Waals surface area contributed by atoms with Gasteiger partial charge in [-0.25, -0.2) is 0 Å². The highest BCUT2D eigenvalue weighted by molar-refractivity contribution is 4.74. The van der Waals surface area contributed by atoms with Gasteiger partial charge < -0.3 is 5.73 Å². The second-order valence-corrected chi connectivity index (χ2v) is 4.89. The average Bonchev–Trinajstić information content (AvgIpc) is 2.96. The van der Waals surface area contributed by atoms with Crippen LogP contribution in [-0.2, 0) is 0 Å². The molecule has 0 spiro atoms. The summed E-state index contributed by atoms with van der Waals surface area (Å²) in [5, 5.41) is 0. The van der Waals surface area contributed by atoms with Gasteiger partial charge in [0, 0.05) is 13.2 Å². The minimum absolute atomic E-state index is 0.737. The lowest BCUT2D eigenvalue weighted by Gasteiger charge is -2.23. The van der Waals surface area contributed by atoms with E-state index in [4.69, 9.17) is 5.73 Å². The van der Waals surface area contributed by atoms with E-state index in [1.54, 1.807) is 0 Å². The Morgan fingerprint density at radius 1 is 1.43 bits per heavy atom. The molecule has 0 heterocycles. The van der Waals surface area contributed by atoms with Crippen LogP contribution in [0.5, 0.6) is 0 Å². The van der Waals surface area contributed by atoms with Gasteiger partial charge in [-0.2, -0.15) is 0 Å². The molecule has 1 aliphatic rings. The van der Waals surface area contributed by atoms with Crippen molar-refractivity contribution in [2.24, 2.45) is 17.6 Å². The molecular weight excluding hydrogens is 172 g/mol. The third kappa shape index (κ3) is 4.97. The molecule has 0 aromatic rings. The second kappa shape index (κ2) is 6.41. The number of nitrogens with zero attached hydrogens (tertiary/aromatic N) is 1. The summed E-state index contributed by atoms with van der Waals surface area (Å²) < 4.78 is 0. The maximum Gasteiger partial charge on any atom is 0.0455 e. The quantitative estimate of drug-likeness (QED) is 0.607. The predicted octanol–water partition coefficient (Wildman–Crippen LogP) is 2.44. The van der Waals surface area contributed by atoms with Gasteiger partial charge >= 0.3 is 0 Å². The Morgan fingerprint density at radius 3 is 2.64 bits per heavy atom. The SMILES string of the molecule is CCCC(C)CN(CN)CCC1CC1. The summed E-state index contributed by atoms with van der Waals surface area (Å²) in [6.07, 6.45) is 6.92. The normalized spacial score (nSPS) is 18.9. The van der Waals surface area contributed by atoms with Crippen LogP contribution in [0.25, 0.3) is 0 Å². The molecule has 1 rings (SSSR count). The van der Waals surface area contributed by atoms with Crippen LogP contribution in [0, 0.1) is 11.8 Å². The van der Waals surface area contributed by atoms with E-state index in [0.29, 0.717) is 0 Å². The van der Waals surface area contributed by atoms with Gasteiger partial charge in [0.25, 0.3) is 0 Å². The van der Waals surface area contributed by atoms with Gasteiger partial charge in [-0.05, 0) is 31.2 Å². The maximum absolute atomic E-state index is 5.75. The van der Waals surface area contributed by atoms with Crippen molar-refractivity contribution in [2.45, 2.75) is 46.0 Å². The molecule has 1 fully saturated rings. The molecule has 2 heteroatoms. The van der Waals surface area contributed by atoms with Crippen LogP contribution in [0.4, 0.5) is 0 Å². The van der Waals surface area contributed by atoms with Crippen molar-refractivity contribution < 1.29 is 0 Å². The standard InChI is InChI=1S/C12H26N2/c1-3-4-11(2)9-14(10-13)8-7-12-5-6-12/h11-12H,3-10,13H2,1-2H3. The molecule has 0 aromatic heterocycles. The number of hydrogen-bond donors (Lipinski definition) is 1. The van der Waals surface area contributed by atoms with Crippen LogP contribution in [0.1, 0.15) is 46.0 Å². The zero-order valence-corrected chi connectivity index (χ0v) is 9.84. The first-order chi connectivity index (χ1) is 6.76. The van der Waals surface area contributed by atoms with E-state index < -0.39 is 0 Å². The fourth-order valence-corrected chi connectivity index (χ4v) is 2.05. The Balaban J connectivity index is 2.08. The zero-order valence-electron chi connectivity index (χ0n) is 9.84. The number of hydrogen-bond acceptors (Lipinski definition) is 2. The lowest BCUT2D eigenvalue weighted by molar-refractivity contribution is 0.231. The van der Waals surface area contributed by atoms with E-state index in [1.807, 2.05) is 0 Å². The van der Waals surface area contributed by atoms with Crippen molar-refractivity contribution >= 4 is 0 Å². The first-order valence-corrected chi connectivity index (χ1v) is 6.18. The van der Waals surface area contributed by atoms with E-state index in [9.17, 15) is 0 Å². The molecule has 0 bridgehead atoms.